The number of hydrogen-bond donors (Lipinski definition) is 2. The Balaban J connectivity index is 1.74. The minimum absolute atomic E-state index is 0.0215. The van der Waals surface area contributed by atoms with E-state index in [9.17, 15) is 4.79 Å². The van der Waals surface area contributed by atoms with Gasteiger partial charge in [-0.1, -0.05) is 11.6 Å². The molecule has 0 spiro atoms. The molecule has 0 radical (unpaired) electrons. The predicted molar refractivity (Wildman–Crippen MR) is 81.2 cm³/mol. The highest BCUT2D eigenvalue weighted by Gasteiger charge is 2.19. The fourth-order valence-electron chi connectivity index (χ4n) is 2.37. The molecule has 5 heteroatoms. The first kappa shape index (κ1) is 13.1. The number of benzene rings is 1. The van der Waals surface area contributed by atoms with Crippen molar-refractivity contribution >= 4 is 28.9 Å². The van der Waals surface area contributed by atoms with Crippen LogP contribution in [0.4, 0.5) is 11.4 Å². The topological polar surface area (TPSA) is 46.1 Å². The number of hydrogen-bond acceptors (Lipinski definition) is 2. The molecule has 1 aromatic heterocycles. The second-order valence-corrected chi connectivity index (χ2v) is 5.33. The fourth-order valence-corrected chi connectivity index (χ4v) is 2.60. The van der Waals surface area contributed by atoms with Gasteiger partial charge in [0.15, 0.2) is 0 Å². The molecule has 0 atom stereocenters. The van der Waals surface area contributed by atoms with Crippen molar-refractivity contribution in [1.82, 2.24) is 4.57 Å². The minimum Gasteiger partial charge on any atom is -0.380 e. The quantitative estimate of drug-likeness (QED) is 0.907. The van der Waals surface area contributed by atoms with Gasteiger partial charge in [0.2, 0.25) is 5.91 Å². The van der Waals surface area contributed by atoms with E-state index in [1.54, 1.807) is 6.07 Å². The normalized spacial score (nSPS) is 13.2. The summed E-state index contributed by atoms with van der Waals surface area (Å²) >= 11 is 6.24. The Morgan fingerprint density at radius 3 is 3.05 bits per heavy atom. The lowest BCUT2D eigenvalue weighted by Crippen LogP contribution is -2.03. The zero-order valence-electron chi connectivity index (χ0n) is 11.2. The number of fused-ring (bicyclic) bond motifs is 1. The van der Waals surface area contributed by atoms with E-state index in [2.05, 4.69) is 40.6 Å². The monoisotopic (exact) mass is 289 g/mol. The molecule has 3 rings (SSSR count). The largest absolute Gasteiger partial charge is 0.380 e. The molecule has 1 amide bonds. The SMILES string of the molecule is CCn1ccc(CNc2cc3c(cc2Cl)NC(=O)C3)c1. The van der Waals surface area contributed by atoms with Gasteiger partial charge in [0, 0.05) is 31.2 Å². The summed E-state index contributed by atoms with van der Waals surface area (Å²) in [6.45, 7) is 3.79. The second kappa shape index (κ2) is 5.21. The maximum absolute atomic E-state index is 11.4. The number of anilines is 2. The average Bonchev–Trinajstić information content (AvgIpc) is 3.01. The summed E-state index contributed by atoms with van der Waals surface area (Å²) in [5, 5.41) is 6.75. The van der Waals surface area contributed by atoms with Crippen LogP contribution in [0.25, 0.3) is 0 Å². The summed E-state index contributed by atoms with van der Waals surface area (Å²) in [6, 6.07) is 5.84. The third-order valence-electron chi connectivity index (χ3n) is 3.48. The molecule has 2 aromatic rings. The molecule has 0 aliphatic carbocycles. The van der Waals surface area contributed by atoms with Crippen molar-refractivity contribution in [3.63, 3.8) is 0 Å². The Bertz CT molecular complexity index is 663. The molecular weight excluding hydrogens is 274 g/mol. The van der Waals surface area contributed by atoms with Crippen LogP contribution in [-0.4, -0.2) is 10.5 Å². The number of carbonyl (C=O) groups is 1. The Morgan fingerprint density at radius 1 is 1.45 bits per heavy atom. The van der Waals surface area contributed by atoms with Crippen molar-refractivity contribution in [2.45, 2.75) is 26.4 Å². The zero-order chi connectivity index (χ0) is 14.1. The highest BCUT2D eigenvalue weighted by atomic mass is 35.5. The maximum Gasteiger partial charge on any atom is 0.228 e. The molecule has 0 bridgehead atoms. The van der Waals surface area contributed by atoms with E-state index >= 15 is 0 Å². The molecule has 4 nitrogen and oxygen atoms in total. The lowest BCUT2D eigenvalue weighted by atomic mass is 10.1. The van der Waals surface area contributed by atoms with Crippen LogP contribution in [0.1, 0.15) is 18.1 Å². The van der Waals surface area contributed by atoms with Crippen molar-refractivity contribution < 1.29 is 4.79 Å². The molecule has 0 unspecified atom stereocenters. The van der Waals surface area contributed by atoms with Gasteiger partial charge in [-0.05, 0) is 36.2 Å². The van der Waals surface area contributed by atoms with Gasteiger partial charge in [-0.15, -0.1) is 0 Å². The van der Waals surface area contributed by atoms with Gasteiger partial charge in [-0.2, -0.15) is 0 Å². The summed E-state index contributed by atoms with van der Waals surface area (Å²) in [5.41, 5.74) is 3.89. The van der Waals surface area contributed by atoms with Crippen LogP contribution in [0.15, 0.2) is 30.6 Å². The molecule has 1 aliphatic rings. The molecule has 20 heavy (non-hydrogen) atoms. The number of nitrogens with zero attached hydrogens (tertiary/aromatic N) is 1. The van der Waals surface area contributed by atoms with Gasteiger partial charge >= 0.3 is 0 Å². The van der Waals surface area contributed by atoms with Crippen LogP contribution in [0.3, 0.4) is 0 Å². The third-order valence-corrected chi connectivity index (χ3v) is 3.79. The van der Waals surface area contributed by atoms with Crippen molar-refractivity contribution in [2.24, 2.45) is 0 Å². The number of nitrogens with one attached hydrogen (secondary N) is 2. The Hall–Kier alpha value is -1.94. The van der Waals surface area contributed by atoms with Crippen molar-refractivity contribution in [3.05, 3.63) is 46.7 Å². The van der Waals surface area contributed by atoms with Gasteiger partial charge in [0.05, 0.1) is 17.1 Å². The average molecular weight is 290 g/mol. The minimum atomic E-state index is 0.0215. The summed E-state index contributed by atoms with van der Waals surface area (Å²) in [7, 11) is 0. The molecule has 2 heterocycles. The summed E-state index contributed by atoms with van der Waals surface area (Å²) in [5.74, 6) is 0.0215. The number of rotatable bonds is 4. The molecule has 0 saturated carbocycles. The molecule has 0 fully saturated rings. The first-order chi connectivity index (χ1) is 9.65. The van der Waals surface area contributed by atoms with Gasteiger partial charge in [-0.3, -0.25) is 4.79 Å². The van der Waals surface area contributed by atoms with Gasteiger partial charge < -0.3 is 15.2 Å². The van der Waals surface area contributed by atoms with Crippen molar-refractivity contribution in [3.8, 4) is 0 Å². The fraction of sp³-hybridized carbons (Fsp3) is 0.267. The highest BCUT2D eigenvalue weighted by molar-refractivity contribution is 6.33. The first-order valence-corrected chi connectivity index (χ1v) is 7.04. The number of carbonyl (C=O) groups excluding carboxylic acids is 1. The van der Waals surface area contributed by atoms with E-state index < -0.39 is 0 Å². The summed E-state index contributed by atoms with van der Waals surface area (Å²) < 4.78 is 2.13. The van der Waals surface area contributed by atoms with Gasteiger partial charge in [0.25, 0.3) is 0 Å². The third kappa shape index (κ3) is 2.51. The van der Waals surface area contributed by atoms with Gasteiger partial charge in [-0.25, -0.2) is 0 Å². The second-order valence-electron chi connectivity index (χ2n) is 4.92. The lowest BCUT2D eigenvalue weighted by Gasteiger charge is -2.09. The van der Waals surface area contributed by atoms with Crippen LogP contribution < -0.4 is 10.6 Å². The van der Waals surface area contributed by atoms with Crippen LogP contribution in [0, 0.1) is 0 Å². The van der Waals surface area contributed by atoms with Crippen LogP contribution in [0.5, 0.6) is 0 Å². The molecule has 104 valence electrons. The summed E-state index contributed by atoms with van der Waals surface area (Å²) in [6.07, 6.45) is 4.59. The summed E-state index contributed by atoms with van der Waals surface area (Å²) in [4.78, 5) is 11.4. The molecule has 2 N–H and O–H groups in total. The Kier molecular flexibility index (Phi) is 3.40. The standard InChI is InChI=1S/C15H16ClN3O/c1-2-19-4-3-10(9-19)8-17-14-5-11-6-15(20)18-13(11)7-12(14)16/h3-5,7,9,17H,2,6,8H2,1H3,(H,18,20). The molecular formula is C15H16ClN3O. The first-order valence-electron chi connectivity index (χ1n) is 6.66. The maximum atomic E-state index is 11.4. The van der Waals surface area contributed by atoms with E-state index in [1.807, 2.05) is 6.07 Å². The van der Waals surface area contributed by atoms with Crippen LogP contribution >= 0.6 is 11.6 Å². The highest BCUT2D eigenvalue weighted by Crippen LogP contribution is 2.33. The van der Waals surface area contributed by atoms with Gasteiger partial charge in [0.1, 0.15) is 0 Å². The Morgan fingerprint density at radius 2 is 2.30 bits per heavy atom. The number of amides is 1. The Labute approximate surface area is 122 Å². The van der Waals surface area contributed by atoms with E-state index in [0.717, 1.165) is 23.5 Å². The molecule has 0 saturated heterocycles. The molecule has 1 aromatic carbocycles. The number of halogens is 1. The van der Waals surface area contributed by atoms with E-state index in [4.69, 9.17) is 11.6 Å². The lowest BCUT2D eigenvalue weighted by molar-refractivity contribution is -0.115. The van der Waals surface area contributed by atoms with E-state index in [-0.39, 0.29) is 5.91 Å². The van der Waals surface area contributed by atoms with Crippen LogP contribution in [-0.2, 0) is 24.3 Å². The predicted octanol–water partition coefficient (Wildman–Crippen LogP) is 3.27. The van der Waals surface area contributed by atoms with Crippen molar-refractivity contribution in [1.29, 1.82) is 0 Å². The number of aromatic nitrogens is 1. The van der Waals surface area contributed by atoms with E-state index in [0.29, 0.717) is 18.0 Å². The van der Waals surface area contributed by atoms with Crippen molar-refractivity contribution in [2.75, 3.05) is 10.6 Å². The number of aryl methyl sites for hydroxylation is 1. The van der Waals surface area contributed by atoms with Crippen LogP contribution in [0.2, 0.25) is 5.02 Å². The zero-order valence-corrected chi connectivity index (χ0v) is 12.0. The smallest absolute Gasteiger partial charge is 0.228 e. The molecule has 1 aliphatic heterocycles. The van der Waals surface area contributed by atoms with E-state index in [1.165, 1.54) is 5.56 Å².